The van der Waals surface area contributed by atoms with Crippen LogP contribution in [-0.4, -0.2) is 29.8 Å². The van der Waals surface area contributed by atoms with Gasteiger partial charge >= 0.3 is 0 Å². The summed E-state index contributed by atoms with van der Waals surface area (Å²) in [5.41, 5.74) is 2.61. The fourth-order valence-electron chi connectivity index (χ4n) is 2.37. The smallest absolute Gasteiger partial charge is 0.166 e. The second-order valence-corrected chi connectivity index (χ2v) is 5.66. The number of aromatic nitrogens is 2. The van der Waals surface area contributed by atoms with Crippen molar-refractivity contribution >= 4 is 5.82 Å². The Balaban J connectivity index is 2.12. The van der Waals surface area contributed by atoms with Crippen LogP contribution in [0.3, 0.4) is 0 Å². The van der Waals surface area contributed by atoms with Gasteiger partial charge in [-0.3, -0.25) is 0 Å². The number of aryl methyl sites for hydroxylation is 1. The van der Waals surface area contributed by atoms with Gasteiger partial charge in [0, 0.05) is 6.54 Å². The van der Waals surface area contributed by atoms with Crippen LogP contribution in [0.15, 0.2) is 0 Å². The molecular formula is C14H21N5. The molecule has 0 aliphatic carbocycles. The van der Waals surface area contributed by atoms with Gasteiger partial charge < -0.3 is 10.6 Å². The highest BCUT2D eigenvalue weighted by atomic mass is 15.2. The predicted octanol–water partition coefficient (Wildman–Crippen LogP) is 1.77. The average Bonchev–Trinajstić information content (AvgIpc) is 2.41. The Bertz CT molecular complexity index is 497. The molecule has 1 saturated heterocycles. The lowest BCUT2D eigenvalue weighted by Gasteiger charge is -2.34. The Kier molecular flexibility index (Phi) is 4.01. The largest absolute Gasteiger partial charge is 0.367 e. The first kappa shape index (κ1) is 13.8. The van der Waals surface area contributed by atoms with Gasteiger partial charge in [-0.15, -0.1) is 5.10 Å². The molecule has 0 radical (unpaired) electrons. The Morgan fingerprint density at radius 1 is 1.32 bits per heavy atom. The van der Waals surface area contributed by atoms with E-state index in [2.05, 4.69) is 33.8 Å². The van der Waals surface area contributed by atoms with E-state index < -0.39 is 0 Å². The van der Waals surface area contributed by atoms with Crippen molar-refractivity contribution in [2.24, 2.45) is 5.41 Å². The molecule has 0 amide bonds. The topological polar surface area (TPSA) is 73.6 Å². The molecule has 2 rings (SSSR count). The van der Waals surface area contributed by atoms with Gasteiger partial charge in [-0.1, -0.05) is 6.92 Å². The fourth-order valence-corrected chi connectivity index (χ4v) is 2.37. The van der Waals surface area contributed by atoms with Gasteiger partial charge in [0.05, 0.1) is 5.69 Å². The minimum absolute atomic E-state index is 0.262. The monoisotopic (exact) mass is 259 g/mol. The summed E-state index contributed by atoms with van der Waals surface area (Å²) in [6, 6.07) is 2.23. The molecule has 0 atom stereocenters. The van der Waals surface area contributed by atoms with E-state index in [1.807, 2.05) is 13.8 Å². The molecule has 1 fully saturated rings. The maximum atomic E-state index is 9.26. The summed E-state index contributed by atoms with van der Waals surface area (Å²) >= 11 is 0. The van der Waals surface area contributed by atoms with Crippen molar-refractivity contribution in [3.8, 4) is 6.07 Å². The first-order valence-electron chi connectivity index (χ1n) is 6.74. The number of nitriles is 1. The van der Waals surface area contributed by atoms with Crippen molar-refractivity contribution in [3.05, 3.63) is 16.8 Å². The molecule has 2 N–H and O–H groups in total. The highest BCUT2D eigenvalue weighted by molar-refractivity contribution is 5.55. The molecule has 0 saturated carbocycles. The molecular weight excluding hydrogens is 238 g/mol. The highest BCUT2D eigenvalue weighted by Gasteiger charge is 2.27. The Morgan fingerprint density at radius 3 is 2.63 bits per heavy atom. The summed E-state index contributed by atoms with van der Waals surface area (Å²) < 4.78 is 0. The number of anilines is 1. The molecule has 0 bridgehead atoms. The van der Waals surface area contributed by atoms with E-state index in [9.17, 15) is 5.26 Å². The van der Waals surface area contributed by atoms with Crippen molar-refractivity contribution < 1.29 is 0 Å². The van der Waals surface area contributed by atoms with Gasteiger partial charge in [0.1, 0.15) is 11.6 Å². The molecule has 5 nitrogen and oxygen atoms in total. The molecule has 5 heteroatoms. The normalized spacial score (nSPS) is 17.8. The van der Waals surface area contributed by atoms with Crippen LogP contribution in [0, 0.1) is 30.6 Å². The van der Waals surface area contributed by atoms with Crippen molar-refractivity contribution in [1.82, 2.24) is 15.5 Å². The number of nitrogens with zero attached hydrogens (tertiary/aromatic N) is 3. The van der Waals surface area contributed by atoms with Gasteiger partial charge in [0.25, 0.3) is 0 Å². The zero-order valence-electron chi connectivity index (χ0n) is 11.9. The first-order valence-corrected chi connectivity index (χ1v) is 6.74. The molecule has 0 aromatic carbocycles. The Labute approximate surface area is 114 Å². The van der Waals surface area contributed by atoms with Gasteiger partial charge in [-0.25, -0.2) is 0 Å². The number of nitrogens with one attached hydrogen (secondary N) is 2. The zero-order chi connectivity index (χ0) is 13.9. The third kappa shape index (κ3) is 3.02. The van der Waals surface area contributed by atoms with Gasteiger partial charge in [0.2, 0.25) is 0 Å². The van der Waals surface area contributed by atoms with Crippen LogP contribution in [0.1, 0.15) is 36.6 Å². The third-order valence-electron chi connectivity index (χ3n) is 4.06. The molecule has 0 unspecified atom stereocenters. The summed E-state index contributed by atoms with van der Waals surface area (Å²) in [7, 11) is 0. The maximum absolute atomic E-state index is 9.26. The number of hydrogen-bond acceptors (Lipinski definition) is 5. The van der Waals surface area contributed by atoms with E-state index in [-0.39, 0.29) is 5.41 Å². The first-order chi connectivity index (χ1) is 9.06. The van der Waals surface area contributed by atoms with Crippen molar-refractivity contribution in [2.45, 2.75) is 33.6 Å². The SMILES string of the molecule is Cc1nnc(NCC2(C)CCNCC2)c(C#N)c1C. The quantitative estimate of drug-likeness (QED) is 0.865. The van der Waals surface area contributed by atoms with Crippen molar-refractivity contribution in [2.75, 3.05) is 25.0 Å². The summed E-state index contributed by atoms with van der Waals surface area (Å²) in [4.78, 5) is 0. The van der Waals surface area contributed by atoms with E-state index in [0.29, 0.717) is 11.4 Å². The van der Waals surface area contributed by atoms with Crippen LogP contribution in [0.5, 0.6) is 0 Å². The lowest BCUT2D eigenvalue weighted by molar-refractivity contribution is 0.247. The molecule has 1 aliphatic heterocycles. The summed E-state index contributed by atoms with van der Waals surface area (Å²) in [6.45, 7) is 9.02. The number of hydrogen-bond donors (Lipinski definition) is 2. The Hall–Kier alpha value is -1.67. The summed E-state index contributed by atoms with van der Waals surface area (Å²) in [5.74, 6) is 0.616. The van der Waals surface area contributed by atoms with Crippen LogP contribution in [0.2, 0.25) is 0 Å². The van der Waals surface area contributed by atoms with Gasteiger partial charge in [-0.2, -0.15) is 10.4 Å². The second-order valence-electron chi connectivity index (χ2n) is 5.66. The van der Waals surface area contributed by atoms with E-state index in [0.717, 1.165) is 43.7 Å². The lowest BCUT2D eigenvalue weighted by atomic mass is 9.81. The Morgan fingerprint density at radius 2 is 2.00 bits per heavy atom. The van der Waals surface area contributed by atoms with Crippen molar-refractivity contribution in [1.29, 1.82) is 5.26 Å². The van der Waals surface area contributed by atoms with Gasteiger partial charge in [-0.05, 0) is 50.8 Å². The maximum Gasteiger partial charge on any atom is 0.166 e. The number of piperidine rings is 1. The van der Waals surface area contributed by atoms with E-state index in [1.165, 1.54) is 0 Å². The van der Waals surface area contributed by atoms with E-state index in [4.69, 9.17) is 0 Å². The minimum Gasteiger partial charge on any atom is -0.367 e. The summed E-state index contributed by atoms with van der Waals surface area (Å²) in [6.07, 6.45) is 2.28. The van der Waals surface area contributed by atoms with Crippen LogP contribution in [0.25, 0.3) is 0 Å². The van der Waals surface area contributed by atoms with E-state index >= 15 is 0 Å². The van der Waals surface area contributed by atoms with Crippen LogP contribution in [-0.2, 0) is 0 Å². The van der Waals surface area contributed by atoms with Crippen LogP contribution in [0.4, 0.5) is 5.82 Å². The van der Waals surface area contributed by atoms with Crippen LogP contribution >= 0.6 is 0 Å². The molecule has 1 aromatic heterocycles. The van der Waals surface area contributed by atoms with Crippen LogP contribution < -0.4 is 10.6 Å². The summed E-state index contributed by atoms with van der Waals surface area (Å²) in [5, 5.41) is 24.2. The highest BCUT2D eigenvalue weighted by Crippen LogP contribution is 2.28. The number of rotatable bonds is 3. The predicted molar refractivity (Wildman–Crippen MR) is 74.9 cm³/mol. The van der Waals surface area contributed by atoms with E-state index in [1.54, 1.807) is 0 Å². The third-order valence-corrected chi connectivity index (χ3v) is 4.06. The molecule has 1 aromatic rings. The minimum atomic E-state index is 0.262. The van der Waals surface area contributed by atoms with Crippen molar-refractivity contribution in [3.63, 3.8) is 0 Å². The molecule has 1 aliphatic rings. The van der Waals surface area contributed by atoms with Gasteiger partial charge in [0.15, 0.2) is 5.82 Å². The average molecular weight is 259 g/mol. The molecule has 0 spiro atoms. The molecule has 19 heavy (non-hydrogen) atoms. The zero-order valence-corrected chi connectivity index (χ0v) is 11.9. The molecule has 2 heterocycles. The fraction of sp³-hybridized carbons (Fsp3) is 0.643. The molecule has 102 valence electrons. The lowest BCUT2D eigenvalue weighted by Crippen LogP contribution is -2.39. The second kappa shape index (κ2) is 5.54. The standard InChI is InChI=1S/C14H21N5/c1-10-11(2)18-19-13(12(10)8-15)17-9-14(3)4-6-16-7-5-14/h16H,4-7,9H2,1-3H3,(H,17,19).